The molecule has 0 fully saturated rings. The van der Waals surface area contributed by atoms with Crippen LogP contribution >= 0.6 is 27.3 Å². The van der Waals surface area contributed by atoms with E-state index in [1.165, 1.54) is 12.1 Å². The number of rotatable bonds is 4. The van der Waals surface area contributed by atoms with Crippen LogP contribution in [-0.4, -0.2) is 19.5 Å². The lowest BCUT2D eigenvalue weighted by Crippen LogP contribution is -2.12. The SMILES string of the molecule is O=C(O)c1cc(S(=O)(=O)Nc2ccc(F)cc2)c(Br)s1. The van der Waals surface area contributed by atoms with E-state index in [0.717, 1.165) is 29.5 Å². The van der Waals surface area contributed by atoms with Crippen molar-refractivity contribution < 1.29 is 22.7 Å². The summed E-state index contributed by atoms with van der Waals surface area (Å²) in [6.45, 7) is 0. The molecule has 0 bridgehead atoms. The fourth-order valence-electron chi connectivity index (χ4n) is 1.37. The summed E-state index contributed by atoms with van der Waals surface area (Å²) in [6.07, 6.45) is 0. The van der Waals surface area contributed by atoms with E-state index in [-0.39, 0.29) is 19.2 Å². The number of carboxylic acid groups (broad SMARTS) is 1. The second-order valence-corrected chi connectivity index (χ2v) is 7.69. The van der Waals surface area contributed by atoms with Crippen LogP contribution in [0.5, 0.6) is 0 Å². The number of carboxylic acids is 1. The minimum absolute atomic E-state index is 0.101. The first-order valence-corrected chi connectivity index (χ1v) is 8.20. The predicted molar refractivity (Wildman–Crippen MR) is 76.2 cm³/mol. The van der Waals surface area contributed by atoms with Crippen LogP contribution in [0.25, 0.3) is 0 Å². The van der Waals surface area contributed by atoms with Gasteiger partial charge in [0.05, 0.1) is 3.79 Å². The molecule has 0 saturated carbocycles. The third kappa shape index (κ3) is 3.17. The highest BCUT2D eigenvalue weighted by Crippen LogP contribution is 2.32. The lowest BCUT2D eigenvalue weighted by Gasteiger charge is -2.06. The van der Waals surface area contributed by atoms with E-state index in [1.54, 1.807) is 0 Å². The van der Waals surface area contributed by atoms with Crippen molar-refractivity contribution in [3.05, 3.63) is 44.8 Å². The number of aromatic carboxylic acids is 1. The molecule has 9 heteroatoms. The normalized spacial score (nSPS) is 11.3. The van der Waals surface area contributed by atoms with E-state index in [1.807, 2.05) is 0 Å². The first-order chi connectivity index (χ1) is 9.29. The lowest BCUT2D eigenvalue weighted by molar-refractivity contribution is 0.0702. The first-order valence-electron chi connectivity index (χ1n) is 5.10. The Morgan fingerprint density at radius 2 is 1.90 bits per heavy atom. The van der Waals surface area contributed by atoms with Crippen LogP contribution in [0.4, 0.5) is 10.1 Å². The summed E-state index contributed by atoms with van der Waals surface area (Å²) < 4.78 is 39.4. The standard InChI is InChI=1S/C11H7BrFNO4S2/c12-10-9(5-8(19-10)11(15)16)20(17,18)14-7-3-1-6(13)2-4-7/h1-5,14H,(H,15,16). The Morgan fingerprint density at radius 1 is 1.30 bits per heavy atom. The van der Waals surface area contributed by atoms with E-state index in [0.29, 0.717) is 0 Å². The van der Waals surface area contributed by atoms with Gasteiger partial charge in [-0.25, -0.2) is 17.6 Å². The molecule has 106 valence electrons. The maximum Gasteiger partial charge on any atom is 0.345 e. The lowest BCUT2D eigenvalue weighted by atomic mass is 10.3. The minimum Gasteiger partial charge on any atom is -0.477 e. The van der Waals surface area contributed by atoms with Crippen LogP contribution < -0.4 is 4.72 Å². The van der Waals surface area contributed by atoms with E-state index >= 15 is 0 Å². The molecule has 2 aromatic rings. The highest BCUT2D eigenvalue weighted by atomic mass is 79.9. The van der Waals surface area contributed by atoms with Crippen LogP contribution in [0.3, 0.4) is 0 Å². The summed E-state index contributed by atoms with van der Waals surface area (Å²) in [5.74, 6) is -1.70. The Balaban J connectivity index is 2.35. The van der Waals surface area contributed by atoms with Gasteiger partial charge in [0, 0.05) is 5.69 Å². The van der Waals surface area contributed by atoms with Crippen LogP contribution in [0.1, 0.15) is 9.67 Å². The van der Waals surface area contributed by atoms with Gasteiger partial charge in [-0.05, 0) is 46.3 Å². The highest BCUT2D eigenvalue weighted by molar-refractivity contribution is 9.11. The molecule has 0 amide bonds. The number of hydrogen-bond donors (Lipinski definition) is 2. The number of hydrogen-bond acceptors (Lipinski definition) is 4. The van der Waals surface area contributed by atoms with E-state index in [4.69, 9.17) is 5.11 Å². The molecule has 0 aliphatic carbocycles. The van der Waals surface area contributed by atoms with Crippen LogP contribution in [0, 0.1) is 5.82 Å². The van der Waals surface area contributed by atoms with Crippen molar-refractivity contribution in [2.75, 3.05) is 4.72 Å². The van der Waals surface area contributed by atoms with Gasteiger partial charge >= 0.3 is 5.97 Å². The number of anilines is 1. The molecule has 5 nitrogen and oxygen atoms in total. The number of halogens is 2. The molecule has 0 aliphatic rings. The van der Waals surface area contributed by atoms with Gasteiger partial charge in [-0.1, -0.05) is 0 Å². The van der Waals surface area contributed by atoms with Crippen LogP contribution in [0.15, 0.2) is 39.0 Å². The van der Waals surface area contributed by atoms with Gasteiger partial charge in [-0.3, -0.25) is 4.72 Å². The van der Waals surface area contributed by atoms with Gasteiger partial charge in [-0.2, -0.15) is 0 Å². The fraction of sp³-hybridized carbons (Fsp3) is 0. The average Bonchev–Trinajstić information content (AvgIpc) is 2.75. The van der Waals surface area contributed by atoms with Crippen molar-refractivity contribution in [2.24, 2.45) is 0 Å². The maximum atomic E-state index is 12.8. The van der Waals surface area contributed by atoms with Crippen molar-refractivity contribution in [3.8, 4) is 0 Å². The van der Waals surface area contributed by atoms with Crippen molar-refractivity contribution in [3.63, 3.8) is 0 Å². The average molecular weight is 380 g/mol. The molecule has 2 N–H and O–H groups in total. The van der Waals surface area contributed by atoms with E-state index < -0.39 is 21.8 Å². The number of benzene rings is 1. The van der Waals surface area contributed by atoms with Crippen molar-refractivity contribution in [1.82, 2.24) is 0 Å². The summed E-state index contributed by atoms with van der Waals surface area (Å²) in [7, 11) is -3.94. The number of thiophene rings is 1. The summed E-state index contributed by atoms with van der Waals surface area (Å²) in [4.78, 5) is 10.5. The molecule has 2 rings (SSSR count). The second-order valence-electron chi connectivity index (χ2n) is 3.67. The number of nitrogens with one attached hydrogen (secondary N) is 1. The number of sulfonamides is 1. The topological polar surface area (TPSA) is 83.5 Å². The van der Waals surface area contributed by atoms with Crippen molar-refractivity contribution in [2.45, 2.75) is 4.90 Å². The molecular formula is C11H7BrFNO4S2. The summed E-state index contributed by atoms with van der Waals surface area (Å²) in [6, 6.07) is 5.83. The quantitative estimate of drug-likeness (QED) is 0.854. The van der Waals surface area contributed by atoms with Crippen LogP contribution in [0.2, 0.25) is 0 Å². The molecular weight excluding hydrogens is 373 g/mol. The maximum absolute atomic E-state index is 12.8. The predicted octanol–water partition coefficient (Wildman–Crippen LogP) is 3.15. The summed E-state index contributed by atoms with van der Waals surface area (Å²) in [5, 5.41) is 8.84. The Bertz CT molecular complexity index is 755. The Morgan fingerprint density at radius 3 is 2.40 bits per heavy atom. The van der Waals surface area contributed by atoms with Gasteiger partial charge in [0.25, 0.3) is 10.0 Å². The smallest absolute Gasteiger partial charge is 0.345 e. The third-order valence-electron chi connectivity index (χ3n) is 2.25. The van der Waals surface area contributed by atoms with Gasteiger partial charge in [0.15, 0.2) is 0 Å². The fourth-order valence-corrected chi connectivity index (χ4v) is 4.83. The Kier molecular flexibility index (Phi) is 4.11. The minimum atomic E-state index is -3.94. The molecule has 0 radical (unpaired) electrons. The number of carbonyl (C=O) groups is 1. The molecule has 0 aliphatic heterocycles. The van der Waals surface area contributed by atoms with Crippen molar-refractivity contribution in [1.29, 1.82) is 0 Å². The van der Waals surface area contributed by atoms with E-state index in [9.17, 15) is 17.6 Å². The van der Waals surface area contributed by atoms with Crippen LogP contribution in [-0.2, 0) is 10.0 Å². The highest BCUT2D eigenvalue weighted by Gasteiger charge is 2.23. The molecule has 1 aromatic heterocycles. The summed E-state index contributed by atoms with van der Waals surface area (Å²) in [5.41, 5.74) is 0.182. The van der Waals surface area contributed by atoms with Gasteiger partial charge in [-0.15, -0.1) is 11.3 Å². The summed E-state index contributed by atoms with van der Waals surface area (Å²) >= 11 is 3.82. The molecule has 0 saturated heterocycles. The largest absolute Gasteiger partial charge is 0.477 e. The molecule has 1 aromatic carbocycles. The van der Waals surface area contributed by atoms with E-state index in [2.05, 4.69) is 20.7 Å². The zero-order valence-corrected chi connectivity index (χ0v) is 12.9. The first kappa shape index (κ1) is 14.9. The van der Waals surface area contributed by atoms with Crippen molar-refractivity contribution >= 4 is 48.9 Å². The molecule has 0 unspecified atom stereocenters. The van der Waals surface area contributed by atoms with Gasteiger partial charge in [0.2, 0.25) is 0 Å². The zero-order valence-electron chi connectivity index (χ0n) is 9.63. The monoisotopic (exact) mass is 379 g/mol. The van der Waals surface area contributed by atoms with Gasteiger partial charge < -0.3 is 5.11 Å². The molecule has 1 heterocycles. The Labute approximate surface area is 126 Å². The molecule has 0 atom stereocenters. The van der Waals surface area contributed by atoms with Gasteiger partial charge in [0.1, 0.15) is 15.6 Å². The molecule has 20 heavy (non-hydrogen) atoms. The zero-order chi connectivity index (χ0) is 14.9. The third-order valence-corrected chi connectivity index (χ3v) is 5.87. The Hall–Kier alpha value is -1.45. The molecule has 0 spiro atoms. The second kappa shape index (κ2) is 5.51.